The van der Waals surface area contributed by atoms with Gasteiger partial charge in [0, 0.05) is 25.7 Å². The van der Waals surface area contributed by atoms with Crippen LogP contribution >= 0.6 is 11.6 Å². The molecule has 2 rings (SSSR count). The van der Waals surface area contributed by atoms with Gasteiger partial charge in [0.05, 0.1) is 17.8 Å². The molecule has 1 heterocycles. The van der Waals surface area contributed by atoms with Crippen LogP contribution in [0.2, 0.25) is 5.02 Å². The van der Waals surface area contributed by atoms with Crippen LogP contribution in [0.25, 0.3) is 11.3 Å². The zero-order chi connectivity index (χ0) is 27.7. The quantitative estimate of drug-likeness (QED) is 0.438. The average Bonchev–Trinajstić information content (AvgIpc) is 2.79. The molecule has 1 aromatic carbocycles. The molecule has 1 aromatic heterocycles. The van der Waals surface area contributed by atoms with Gasteiger partial charge < -0.3 is 25.2 Å². The number of carbonyl (C=O) groups is 1. The number of methoxy groups -OCH3 is 1. The predicted molar refractivity (Wildman–Crippen MR) is 143 cm³/mol. The van der Waals surface area contributed by atoms with Gasteiger partial charge in [-0.15, -0.1) is 0 Å². The summed E-state index contributed by atoms with van der Waals surface area (Å²) in [6.07, 6.45) is 1.06. The minimum Gasteiger partial charge on any atom is -0.494 e. The SMILES string of the molecule is CCC.COc1ccc(C(O)(CN)CC(C)CN(C)C(=O)OC(C)(C)C)nc1-c1ccc(F)c(Cl)c1. The summed E-state index contributed by atoms with van der Waals surface area (Å²) < 4.78 is 24.4. The Morgan fingerprint density at radius 3 is 2.36 bits per heavy atom. The summed E-state index contributed by atoms with van der Waals surface area (Å²) in [4.78, 5) is 18.4. The van der Waals surface area contributed by atoms with E-state index in [9.17, 15) is 14.3 Å². The number of ether oxygens (including phenoxy) is 2. The first kappa shape index (κ1) is 31.6. The predicted octanol–water partition coefficient (Wildman–Crippen LogP) is 6.01. The van der Waals surface area contributed by atoms with E-state index < -0.39 is 23.1 Å². The molecule has 0 radical (unpaired) electrons. The number of aromatic nitrogens is 1. The van der Waals surface area contributed by atoms with Gasteiger partial charge >= 0.3 is 6.09 Å². The number of nitrogens with zero attached hydrogens (tertiary/aromatic N) is 2. The number of aliphatic hydroxyl groups is 1. The molecule has 0 bridgehead atoms. The lowest BCUT2D eigenvalue weighted by molar-refractivity contribution is 0.00551. The van der Waals surface area contributed by atoms with Crippen LogP contribution < -0.4 is 10.5 Å². The molecule has 36 heavy (non-hydrogen) atoms. The first-order valence-electron chi connectivity index (χ1n) is 12.1. The molecule has 0 fully saturated rings. The lowest BCUT2D eigenvalue weighted by Gasteiger charge is -2.32. The Labute approximate surface area is 219 Å². The maximum Gasteiger partial charge on any atom is 0.410 e. The van der Waals surface area contributed by atoms with E-state index in [1.807, 2.05) is 6.92 Å². The monoisotopic (exact) mass is 525 g/mol. The molecule has 2 unspecified atom stereocenters. The van der Waals surface area contributed by atoms with E-state index in [1.54, 1.807) is 40.0 Å². The number of pyridine rings is 1. The Balaban J connectivity index is 0.00000205. The third-order valence-corrected chi connectivity index (χ3v) is 5.35. The van der Waals surface area contributed by atoms with Gasteiger partial charge in [-0.05, 0) is 63.4 Å². The topological polar surface area (TPSA) is 97.9 Å². The Morgan fingerprint density at radius 2 is 1.86 bits per heavy atom. The Kier molecular flexibility index (Phi) is 12.1. The summed E-state index contributed by atoms with van der Waals surface area (Å²) in [6.45, 7) is 11.8. The zero-order valence-electron chi connectivity index (χ0n) is 22.7. The molecule has 0 saturated heterocycles. The molecule has 9 heteroatoms. The molecule has 7 nitrogen and oxygen atoms in total. The van der Waals surface area contributed by atoms with Crippen LogP contribution in [0, 0.1) is 11.7 Å². The van der Waals surface area contributed by atoms with Gasteiger partial charge in [0.15, 0.2) is 0 Å². The fraction of sp³-hybridized carbons (Fsp3) is 0.556. The van der Waals surface area contributed by atoms with Crippen LogP contribution in [-0.2, 0) is 10.3 Å². The van der Waals surface area contributed by atoms with E-state index in [4.69, 9.17) is 26.8 Å². The number of carbonyl (C=O) groups excluding carboxylic acids is 1. The zero-order valence-corrected chi connectivity index (χ0v) is 23.4. The average molecular weight is 526 g/mol. The van der Waals surface area contributed by atoms with Crippen molar-refractivity contribution in [2.24, 2.45) is 11.7 Å². The molecule has 0 aliphatic heterocycles. The summed E-state index contributed by atoms with van der Waals surface area (Å²) in [5.41, 5.74) is 5.19. The van der Waals surface area contributed by atoms with E-state index in [-0.39, 0.29) is 23.9 Å². The highest BCUT2D eigenvalue weighted by molar-refractivity contribution is 6.31. The van der Waals surface area contributed by atoms with E-state index in [1.165, 1.54) is 36.6 Å². The van der Waals surface area contributed by atoms with E-state index >= 15 is 0 Å². The lowest BCUT2D eigenvalue weighted by atomic mass is 9.87. The number of nitrogens with two attached hydrogens (primary N) is 1. The Bertz CT molecular complexity index is 999. The van der Waals surface area contributed by atoms with E-state index in [2.05, 4.69) is 18.8 Å². The summed E-state index contributed by atoms with van der Waals surface area (Å²) in [7, 11) is 3.14. The molecule has 202 valence electrons. The normalized spacial score (nSPS) is 13.7. The fourth-order valence-corrected chi connectivity index (χ4v) is 3.72. The molecule has 0 aliphatic rings. The summed E-state index contributed by atoms with van der Waals surface area (Å²) in [5.74, 6) is -0.223. The van der Waals surface area contributed by atoms with Crippen molar-refractivity contribution in [3.63, 3.8) is 0 Å². The Hall–Kier alpha value is -2.42. The second-order valence-electron chi connectivity index (χ2n) is 9.99. The first-order valence-corrected chi connectivity index (χ1v) is 12.5. The van der Waals surface area contributed by atoms with Crippen molar-refractivity contribution in [3.8, 4) is 17.0 Å². The number of amides is 1. The standard InChI is InChI=1S/C24H33ClFN3O4.C3H8/c1-15(13-29(5)22(30)33-23(2,3)4)12-24(31,14-27)20-10-9-19(32-6)21(28-20)16-7-8-18(26)17(25)11-16;1-3-2/h7-11,15,31H,12-14,27H2,1-6H3;3H2,1-2H3. The van der Waals surface area contributed by atoms with Gasteiger partial charge in [-0.3, -0.25) is 0 Å². The smallest absolute Gasteiger partial charge is 0.410 e. The lowest BCUT2D eigenvalue weighted by Crippen LogP contribution is -2.41. The molecule has 0 spiro atoms. The maximum atomic E-state index is 13.6. The molecule has 2 aromatic rings. The van der Waals surface area contributed by atoms with Crippen LogP contribution in [0.15, 0.2) is 30.3 Å². The highest BCUT2D eigenvalue weighted by Crippen LogP contribution is 2.35. The second-order valence-corrected chi connectivity index (χ2v) is 10.4. The van der Waals surface area contributed by atoms with Gasteiger partial charge in [-0.2, -0.15) is 0 Å². The first-order chi connectivity index (χ1) is 16.7. The van der Waals surface area contributed by atoms with Gasteiger partial charge in [0.25, 0.3) is 0 Å². The third kappa shape index (κ3) is 9.22. The molecule has 3 N–H and O–H groups in total. The number of hydrogen-bond acceptors (Lipinski definition) is 6. The van der Waals surface area contributed by atoms with Gasteiger partial charge in [0.2, 0.25) is 0 Å². The summed E-state index contributed by atoms with van der Waals surface area (Å²) in [6, 6.07) is 7.55. The van der Waals surface area contributed by atoms with Gasteiger partial charge in [0.1, 0.15) is 28.5 Å². The number of hydrogen-bond donors (Lipinski definition) is 2. The molecule has 0 aliphatic carbocycles. The van der Waals surface area contributed by atoms with Gasteiger partial charge in [-0.1, -0.05) is 38.8 Å². The highest BCUT2D eigenvalue weighted by atomic mass is 35.5. The largest absolute Gasteiger partial charge is 0.494 e. The minimum absolute atomic E-state index is 0.0466. The van der Waals surface area contributed by atoms with Crippen molar-refractivity contribution in [2.75, 3.05) is 27.2 Å². The maximum absolute atomic E-state index is 13.6. The molecular formula is C27H41ClFN3O4. The molecule has 1 amide bonds. The molecular weight excluding hydrogens is 485 g/mol. The summed E-state index contributed by atoms with van der Waals surface area (Å²) in [5, 5.41) is 11.3. The van der Waals surface area contributed by atoms with Crippen molar-refractivity contribution in [1.82, 2.24) is 9.88 Å². The number of rotatable bonds is 8. The second kappa shape index (κ2) is 13.8. The number of benzene rings is 1. The molecule has 2 atom stereocenters. The van der Waals surface area contributed by atoms with Crippen molar-refractivity contribution < 1.29 is 23.8 Å². The Morgan fingerprint density at radius 1 is 1.25 bits per heavy atom. The van der Waals surface area contributed by atoms with Crippen molar-refractivity contribution >= 4 is 17.7 Å². The minimum atomic E-state index is -1.46. The highest BCUT2D eigenvalue weighted by Gasteiger charge is 2.33. The van der Waals surface area contributed by atoms with Crippen molar-refractivity contribution in [1.29, 1.82) is 0 Å². The van der Waals surface area contributed by atoms with Crippen LogP contribution in [0.1, 0.15) is 60.1 Å². The number of halogens is 2. The molecule has 0 saturated carbocycles. The van der Waals surface area contributed by atoms with Crippen molar-refractivity contribution in [3.05, 3.63) is 46.9 Å². The fourth-order valence-electron chi connectivity index (χ4n) is 3.54. The van der Waals surface area contributed by atoms with E-state index in [0.29, 0.717) is 29.2 Å². The van der Waals surface area contributed by atoms with Crippen molar-refractivity contribution in [2.45, 2.75) is 65.6 Å². The van der Waals surface area contributed by atoms with E-state index in [0.717, 1.165) is 0 Å². The van der Waals surface area contributed by atoms with Crippen LogP contribution in [-0.4, -0.2) is 53.9 Å². The van der Waals surface area contributed by atoms with Crippen LogP contribution in [0.4, 0.5) is 9.18 Å². The van der Waals surface area contributed by atoms with Crippen LogP contribution in [0.5, 0.6) is 5.75 Å². The summed E-state index contributed by atoms with van der Waals surface area (Å²) >= 11 is 5.94. The van der Waals surface area contributed by atoms with Crippen LogP contribution in [0.3, 0.4) is 0 Å². The third-order valence-electron chi connectivity index (χ3n) is 5.06. The van der Waals surface area contributed by atoms with Gasteiger partial charge in [-0.25, -0.2) is 14.2 Å².